The van der Waals surface area contributed by atoms with Gasteiger partial charge >= 0.3 is 0 Å². The van der Waals surface area contributed by atoms with Crippen molar-refractivity contribution in [2.24, 2.45) is 0 Å². The molecule has 1 aromatic heterocycles. The molecule has 0 saturated heterocycles. The number of rotatable bonds is 9. The molecule has 9 heteroatoms. The minimum absolute atomic E-state index is 0.294. The van der Waals surface area contributed by atoms with Crippen molar-refractivity contribution in [2.75, 3.05) is 37.2 Å². The average Bonchev–Trinajstić information content (AvgIpc) is 2.88. The Bertz CT molecular complexity index is 1310. The van der Waals surface area contributed by atoms with Crippen LogP contribution in [0.15, 0.2) is 67.0 Å². The number of fused-ring (bicyclic) bond motifs is 1. The highest BCUT2D eigenvalue weighted by molar-refractivity contribution is 6.07. The number of nitrogens with zero attached hydrogens (tertiary/aromatic N) is 2. The molecule has 4 rings (SSSR count). The number of amides is 1. The predicted molar refractivity (Wildman–Crippen MR) is 133 cm³/mol. The van der Waals surface area contributed by atoms with Gasteiger partial charge in [0.1, 0.15) is 12.0 Å². The van der Waals surface area contributed by atoms with Crippen LogP contribution in [0.25, 0.3) is 10.8 Å². The van der Waals surface area contributed by atoms with Crippen molar-refractivity contribution < 1.29 is 14.3 Å². The summed E-state index contributed by atoms with van der Waals surface area (Å²) in [5.74, 6) is 1.84. The van der Waals surface area contributed by atoms with Gasteiger partial charge in [-0.2, -0.15) is 0 Å². The van der Waals surface area contributed by atoms with Gasteiger partial charge in [-0.3, -0.25) is 15.6 Å². The molecule has 0 radical (unpaired) electrons. The maximum Gasteiger partial charge on any atom is 0.270 e. The molecule has 3 aromatic carbocycles. The average molecular weight is 459 g/mol. The fraction of sp³-hybridized carbons (Fsp3) is 0.160. The second-order valence-electron chi connectivity index (χ2n) is 7.46. The third-order valence-corrected chi connectivity index (χ3v) is 5.37. The molecule has 9 nitrogen and oxygen atoms in total. The zero-order chi connectivity index (χ0) is 23.9. The SMILES string of the molecule is COc1ccc(CCNc2ncnc(NNC(=O)c3cccc4ccccc34)c2N)cc1OC. The van der Waals surface area contributed by atoms with Crippen molar-refractivity contribution in [3.05, 3.63) is 78.1 Å². The van der Waals surface area contributed by atoms with E-state index < -0.39 is 0 Å². The van der Waals surface area contributed by atoms with E-state index in [4.69, 9.17) is 15.2 Å². The molecule has 0 atom stereocenters. The van der Waals surface area contributed by atoms with Crippen LogP contribution in [0.3, 0.4) is 0 Å². The van der Waals surface area contributed by atoms with Crippen molar-refractivity contribution >= 4 is 34.0 Å². The second-order valence-corrected chi connectivity index (χ2v) is 7.46. The Morgan fingerprint density at radius 2 is 1.71 bits per heavy atom. The van der Waals surface area contributed by atoms with Gasteiger partial charge in [-0.1, -0.05) is 42.5 Å². The van der Waals surface area contributed by atoms with E-state index >= 15 is 0 Å². The molecular weight excluding hydrogens is 432 g/mol. The number of hydrazine groups is 1. The molecule has 0 aliphatic carbocycles. The Morgan fingerprint density at radius 3 is 2.53 bits per heavy atom. The number of hydrogen-bond acceptors (Lipinski definition) is 8. The van der Waals surface area contributed by atoms with Crippen molar-refractivity contribution in [1.82, 2.24) is 15.4 Å². The zero-order valence-electron chi connectivity index (χ0n) is 19.0. The molecule has 0 spiro atoms. The summed E-state index contributed by atoms with van der Waals surface area (Å²) >= 11 is 0. The highest BCUT2D eigenvalue weighted by Gasteiger charge is 2.12. The third kappa shape index (κ3) is 4.93. The lowest BCUT2D eigenvalue weighted by Crippen LogP contribution is -2.30. The van der Waals surface area contributed by atoms with E-state index in [1.165, 1.54) is 6.33 Å². The highest BCUT2D eigenvalue weighted by Crippen LogP contribution is 2.28. The van der Waals surface area contributed by atoms with Gasteiger partial charge in [-0.15, -0.1) is 0 Å². The molecule has 5 N–H and O–H groups in total. The van der Waals surface area contributed by atoms with Crippen LogP contribution in [0.5, 0.6) is 11.5 Å². The molecule has 1 heterocycles. The predicted octanol–water partition coefficient (Wildman–Crippen LogP) is 3.64. The van der Waals surface area contributed by atoms with E-state index in [9.17, 15) is 4.79 Å². The van der Waals surface area contributed by atoms with E-state index in [1.54, 1.807) is 20.3 Å². The zero-order valence-corrected chi connectivity index (χ0v) is 19.0. The standard InChI is InChI=1S/C25H26N6O3/c1-33-20-11-10-16(14-21(20)34-2)12-13-27-23-22(26)24(29-15-28-23)30-31-25(32)19-9-5-7-17-6-3-4-8-18(17)19/h3-11,14-15H,12-13,26H2,1-2H3,(H,31,32)(H2,27,28,29,30). The summed E-state index contributed by atoms with van der Waals surface area (Å²) in [6.07, 6.45) is 2.09. The Kier molecular flexibility index (Phi) is 6.92. The molecule has 174 valence electrons. The number of methoxy groups -OCH3 is 2. The van der Waals surface area contributed by atoms with E-state index in [-0.39, 0.29) is 5.91 Å². The Morgan fingerprint density at radius 1 is 0.941 bits per heavy atom. The van der Waals surface area contributed by atoms with Gasteiger partial charge in [0.05, 0.1) is 14.2 Å². The Hall–Kier alpha value is -4.53. The topological polar surface area (TPSA) is 123 Å². The summed E-state index contributed by atoms with van der Waals surface area (Å²) in [6, 6.07) is 19.0. The number of ether oxygens (including phenoxy) is 2. The fourth-order valence-electron chi connectivity index (χ4n) is 3.60. The number of benzene rings is 3. The monoisotopic (exact) mass is 458 g/mol. The van der Waals surface area contributed by atoms with Crippen molar-refractivity contribution in [2.45, 2.75) is 6.42 Å². The molecule has 0 unspecified atom stereocenters. The van der Waals surface area contributed by atoms with Crippen LogP contribution in [0.2, 0.25) is 0 Å². The lowest BCUT2D eigenvalue weighted by Gasteiger charge is -2.14. The van der Waals surface area contributed by atoms with Crippen LogP contribution in [0.4, 0.5) is 17.3 Å². The lowest BCUT2D eigenvalue weighted by molar-refractivity contribution is 0.0964. The van der Waals surface area contributed by atoms with Gasteiger partial charge in [-0.25, -0.2) is 9.97 Å². The number of carbonyl (C=O) groups is 1. The quantitative estimate of drug-likeness (QED) is 0.280. The first-order valence-corrected chi connectivity index (χ1v) is 10.7. The van der Waals surface area contributed by atoms with Crippen molar-refractivity contribution in [3.8, 4) is 11.5 Å². The van der Waals surface area contributed by atoms with Crippen molar-refractivity contribution in [1.29, 1.82) is 0 Å². The van der Waals surface area contributed by atoms with Gasteiger partial charge in [0.2, 0.25) is 0 Å². The summed E-state index contributed by atoms with van der Waals surface area (Å²) in [5, 5.41) is 5.05. The van der Waals surface area contributed by atoms with Crippen LogP contribution < -0.4 is 31.4 Å². The summed E-state index contributed by atoms with van der Waals surface area (Å²) in [4.78, 5) is 21.1. The molecule has 1 amide bonds. The van der Waals surface area contributed by atoms with Crippen molar-refractivity contribution in [3.63, 3.8) is 0 Å². The van der Waals surface area contributed by atoms with Gasteiger partial charge in [0.25, 0.3) is 5.91 Å². The number of carbonyl (C=O) groups excluding carboxylic acids is 1. The maximum absolute atomic E-state index is 12.8. The molecule has 0 fully saturated rings. The number of nitrogens with two attached hydrogens (primary N) is 1. The van der Waals surface area contributed by atoms with Gasteiger partial charge < -0.3 is 20.5 Å². The van der Waals surface area contributed by atoms with Crippen LogP contribution >= 0.6 is 0 Å². The molecule has 34 heavy (non-hydrogen) atoms. The first-order valence-electron chi connectivity index (χ1n) is 10.7. The first-order chi connectivity index (χ1) is 16.6. The minimum atomic E-state index is -0.294. The van der Waals surface area contributed by atoms with E-state index in [0.717, 1.165) is 16.3 Å². The van der Waals surface area contributed by atoms with Gasteiger partial charge in [0, 0.05) is 12.1 Å². The lowest BCUT2D eigenvalue weighted by atomic mass is 10.0. The summed E-state index contributed by atoms with van der Waals surface area (Å²) < 4.78 is 10.6. The summed E-state index contributed by atoms with van der Waals surface area (Å²) in [5.41, 5.74) is 13.6. The van der Waals surface area contributed by atoms with Crippen LogP contribution in [0, 0.1) is 0 Å². The van der Waals surface area contributed by atoms with E-state index in [1.807, 2.05) is 54.6 Å². The fourth-order valence-corrected chi connectivity index (χ4v) is 3.60. The van der Waals surface area contributed by atoms with Gasteiger partial charge in [0.15, 0.2) is 23.1 Å². The van der Waals surface area contributed by atoms with Crippen LogP contribution in [0.1, 0.15) is 15.9 Å². The number of nitrogens with one attached hydrogen (secondary N) is 3. The number of aromatic nitrogens is 2. The molecule has 4 aromatic rings. The van der Waals surface area contributed by atoms with E-state index in [2.05, 4.69) is 26.1 Å². The second kappa shape index (κ2) is 10.4. The summed E-state index contributed by atoms with van der Waals surface area (Å²) in [6.45, 7) is 0.582. The Balaban J connectivity index is 1.38. The highest BCUT2D eigenvalue weighted by atomic mass is 16.5. The largest absolute Gasteiger partial charge is 0.493 e. The summed E-state index contributed by atoms with van der Waals surface area (Å²) in [7, 11) is 3.21. The van der Waals surface area contributed by atoms with Crippen LogP contribution in [-0.2, 0) is 6.42 Å². The number of anilines is 3. The molecule has 0 saturated carbocycles. The normalized spacial score (nSPS) is 10.5. The first kappa shape index (κ1) is 22.7. The number of hydrogen-bond donors (Lipinski definition) is 4. The molecule has 0 aliphatic heterocycles. The van der Waals surface area contributed by atoms with Crippen LogP contribution in [-0.4, -0.2) is 36.6 Å². The maximum atomic E-state index is 12.8. The molecule has 0 aliphatic rings. The van der Waals surface area contributed by atoms with Gasteiger partial charge in [-0.05, 0) is 41.0 Å². The number of nitrogen functional groups attached to an aromatic ring is 1. The molecular formula is C25H26N6O3. The third-order valence-electron chi connectivity index (χ3n) is 5.37. The molecule has 0 bridgehead atoms. The minimum Gasteiger partial charge on any atom is -0.493 e. The van der Waals surface area contributed by atoms with E-state index in [0.29, 0.717) is 47.4 Å². The smallest absolute Gasteiger partial charge is 0.270 e. The Labute approximate surface area is 197 Å².